The number of rotatable bonds is 2. The van der Waals surface area contributed by atoms with E-state index in [2.05, 4.69) is 22.0 Å². The summed E-state index contributed by atoms with van der Waals surface area (Å²) in [5.74, 6) is 0.714. The van der Waals surface area contributed by atoms with Crippen molar-refractivity contribution in [3.05, 3.63) is 40.4 Å². The Morgan fingerprint density at radius 2 is 1.88 bits per heavy atom. The minimum atomic E-state index is 0.465. The third kappa shape index (κ3) is 2.65. The van der Waals surface area contributed by atoms with Crippen LogP contribution in [0.25, 0.3) is 21.8 Å². The van der Waals surface area contributed by atoms with Crippen LogP contribution in [0.2, 0.25) is 10.0 Å². The lowest BCUT2D eigenvalue weighted by molar-refractivity contribution is 0.415. The number of methoxy groups -OCH3 is 1. The molecule has 24 heavy (non-hydrogen) atoms. The SMILES string of the molecule is COc1cc2c(cc1Cl)c1cc(Cl)ccc1n2C1CCCNCC1. The molecule has 1 aromatic heterocycles. The summed E-state index contributed by atoms with van der Waals surface area (Å²) in [7, 11) is 1.66. The first-order valence-electron chi connectivity index (χ1n) is 8.36. The van der Waals surface area contributed by atoms with Crippen molar-refractivity contribution in [2.45, 2.75) is 25.3 Å². The maximum Gasteiger partial charge on any atom is 0.139 e. The van der Waals surface area contributed by atoms with Gasteiger partial charge in [0.15, 0.2) is 0 Å². The first-order valence-corrected chi connectivity index (χ1v) is 9.12. The minimum absolute atomic E-state index is 0.465. The molecule has 3 nitrogen and oxygen atoms in total. The second-order valence-electron chi connectivity index (χ2n) is 6.37. The molecule has 1 atom stereocenters. The van der Waals surface area contributed by atoms with Crippen LogP contribution in [-0.2, 0) is 0 Å². The highest BCUT2D eigenvalue weighted by Crippen LogP contribution is 2.40. The van der Waals surface area contributed by atoms with Crippen LogP contribution < -0.4 is 10.1 Å². The van der Waals surface area contributed by atoms with E-state index in [-0.39, 0.29) is 0 Å². The monoisotopic (exact) mass is 362 g/mol. The molecule has 5 heteroatoms. The van der Waals surface area contributed by atoms with Crippen molar-refractivity contribution in [1.29, 1.82) is 0 Å². The molecule has 4 rings (SSSR count). The van der Waals surface area contributed by atoms with Crippen LogP contribution in [0.4, 0.5) is 0 Å². The zero-order valence-corrected chi connectivity index (χ0v) is 15.1. The number of nitrogens with zero attached hydrogens (tertiary/aromatic N) is 1. The Balaban J connectivity index is 2.03. The van der Waals surface area contributed by atoms with E-state index < -0.39 is 0 Å². The summed E-state index contributed by atoms with van der Waals surface area (Å²) < 4.78 is 7.91. The van der Waals surface area contributed by atoms with Crippen LogP contribution in [0.5, 0.6) is 5.75 Å². The standard InChI is InChI=1S/C19H20Cl2N2O/c1-24-19-11-18-15(10-16(19)21)14-9-12(20)4-5-17(14)23(18)13-3-2-7-22-8-6-13/h4-5,9-11,13,22H,2-3,6-8H2,1H3. The maximum absolute atomic E-state index is 6.39. The second kappa shape index (κ2) is 6.47. The molecule has 2 aromatic carbocycles. The first kappa shape index (κ1) is 16.1. The lowest BCUT2D eigenvalue weighted by atomic mass is 10.1. The molecule has 2 heterocycles. The number of halogens is 2. The van der Waals surface area contributed by atoms with Crippen molar-refractivity contribution >= 4 is 45.0 Å². The van der Waals surface area contributed by atoms with E-state index in [1.807, 2.05) is 18.2 Å². The maximum atomic E-state index is 6.39. The summed E-state index contributed by atoms with van der Waals surface area (Å²) in [4.78, 5) is 0. The quantitative estimate of drug-likeness (QED) is 0.658. The van der Waals surface area contributed by atoms with Crippen molar-refractivity contribution in [1.82, 2.24) is 9.88 Å². The second-order valence-corrected chi connectivity index (χ2v) is 7.21. The zero-order valence-electron chi connectivity index (χ0n) is 13.6. The minimum Gasteiger partial charge on any atom is -0.495 e. The van der Waals surface area contributed by atoms with Crippen LogP contribution in [0.1, 0.15) is 25.3 Å². The Morgan fingerprint density at radius 3 is 2.71 bits per heavy atom. The van der Waals surface area contributed by atoms with E-state index in [1.165, 1.54) is 23.9 Å². The van der Waals surface area contributed by atoms with Gasteiger partial charge in [0.2, 0.25) is 0 Å². The number of aromatic nitrogens is 1. The molecule has 0 amide bonds. The highest BCUT2D eigenvalue weighted by Gasteiger charge is 2.21. The Kier molecular flexibility index (Phi) is 4.33. The fraction of sp³-hybridized carbons (Fsp3) is 0.368. The predicted molar refractivity (Wildman–Crippen MR) is 102 cm³/mol. The third-order valence-corrected chi connectivity index (χ3v) is 5.48. The molecular weight excluding hydrogens is 343 g/mol. The van der Waals surface area contributed by atoms with E-state index in [0.29, 0.717) is 16.8 Å². The molecule has 1 unspecified atom stereocenters. The molecule has 126 valence electrons. The van der Waals surface area contributed by atoms with Crippen LogP contribution >= 0.6 is 23.2 Å². The van der Waals surface area contributed by atoms with Crippen LogP contribution in [0, 0.1) is 0 Å². The van der Waals surface area contributed by atoms with E-state index in [1.54, 1.807) is 7.11 Å². The normalized spacial score (nSPS) is 18.9. The van der Waals surface area contributed by atoms with Crippen molar-refractivity contribution in [3.8, 4) is 5.75 Å². The number of benzene rings is 2. The molecule has 0 bridgehead atoms. The summed E-state index contributed by atoms with van der Waals surface area (Å²) in [5, 5.41) is 7.16. The Morgan fingerprint density at radius 1 is 1.04 bits per heavy atom. The fourth-order valence-electron chi connectivity index (χ4n) is 3.83. The lowest BCUT2D eigenvalue weighted by Crippen LogP contribution is -2.15. The van der Waals surface area contributed by atoms with Gasteiger partial charge >= 0.3 is 0 Å². The van der Waals surface area contributed by atoms with Gasteiger partial charge < -0.3 is 14.6 Å². The molecule has 0 spiro atoms. The molecule has 1 aliphatic heterocycles. The highest BCUT2D eigenvalue weighted by molar-refractivity contribution is 6.34. The summed E-state index contributed by atoms with van der Waals surface area (Å²) in [5.41, 5.74) is 2.38. The molecule has 0 radical (unpaired) electrons. The van der Waals surface area contributed by atoms with Gasteiger partial charge in [-0.2, -0.15) is 0 Å². The van der Waals surface area contributed by atoms with Gasteiger partial charge in [0.05, 0.1) is 17.6 Å². The molecule has 1 fully saturated rings. The van der Waals surface area contributed by atoms with Crippen molar-refractivity contribution in [2.75, 3.05) is 20.2 Å². The number of hydrogen-bond donors (Lipinski definition) is 1. The smallest absolute Gasteiger partial charge is 0.139 e. The molecule has 0 saturated carbocycles. The van der Waals surface area contributed by atoms with E-state index in [4.69, 9.17) is 27.9 Å². The van der Waals surface area contributed by atoms with Crippen molar-refractivity contribution < 1.29 is 4.74 Å². The van der Waals surface area contributed by atoms with E-state index in [0.717, 1.165) is 35.3 Å². The Hall–Kier alpha value is -1.42. The molecular formula is C19H20Cl2N2O. The molecule has 3 aromatic rings. The Labute approximate surface area is 151 Å². The molecule has 1 N–H and O–H groups in total. The van der Waals surface area contributed by atoms with Gasteiger partial charge in [-0.1, -0.05) is 23.2 Å². The summed E-state index contributed by atoms with van der Waals surface area (Å²) in [6.45, 7) is 2.14. The number of fused-ring (bicyclic) bond motifs is 3. The predicted octanol–water partition coefficient (Wildman–Crippen LogP) is 5.42. The van der Waals surface area contributed by atoms with Gasteiger partial charge in [0.1, 0.15) is 5.75 Å². The first-order chi connectivity index (χ1) is 11.7. The van der Waals surface area contributed by atoms with Gasteiger partial charge in [-0.05, 0) is 56.6 Å². The largest absolute Gasteiger partial charge is 0.495 e. The summed E-state index contributed by atoms with van der Waals surface area (Å²) in [6, 6.07) is 10.6. The fourth-order valence-corrected chi connectivity index (χ4v) is 4.24. The summed E-state index contributed by atoms with van der Waals surface area (Å²) in [6.07, 6.45) is 3.47. The highest BCUT2D eigenvalue weighted by atomic mass is 35.5. The van der Waals surface area contributed by atoms with Gasteiger partial charge in [-0.15, -0.1) is 0 Å². The van der Waals surface area contributed by atoms with E-state index >= 15 is 0 Å². The molecule has 0 aliphatic carbocycles. The summed E-state index contributed by atoms with van der Waals surface area (Å²) >= 11 is 12.6. The van der Waals surface area contributed by atoms with Crippen molar-refractivity contribution in [3.63, 3.8) is 0 Å². The van der Waals surface area contributed by atoms with Crippen LogP contribution in [-0.4, -0.2) is 24.8 Å². The third-order valence-electron chi connectivity index (χ3n) is 4.95. The Bertz CT molecular complexity index is 895. The zero-order chi connectivity index (χ0) is 16.7. The molecule has 1 aliphatic rings. The molecule has 1 saturated heterocycles. The topological polar surface area (TPSA) is 26.2 Å². The average Bonchev–Trinajstić information content (AvgIpc) is 2.75. The van der Waals surface area contributed by atoms with Gasteiger partial charge in [0, 0.05) is 33.4 Å². The number of ether oxygens (including phenoxy) is 1. The van der Waals surface area contributed by atoms with Gasteiger partial charge in [0.25, 0.3) is 0 Å². The number of hydrogen-bond acceptors (Lipinski definition) is 2. The van der Waals surface area contributed by atoms with Gasteiger partial charge in [-0.25, -0.2) is 0 Å². The van der Waals surface area contributed by atoms with Crippen LogP contribution in [0.15, 0.2) is 30.3 Å². The van der Waals surface area contributed by atoms with Gasteiger partial charge in [-0.3, -0.25) is 0 Å². The van der Waals surface area contributed by atoms with Crippen LogP contribution in [0.3, 0.4) is 0 Å². The average molecular weight is 363 g/mol. The lowest BCUT2D eigenvalue weighted by Gasteiger charge is -2.19. The number of nitrogens with one attached hydrogen (secondary N) is 1. The van der Waals surface area contributed by atoms with E-state index in [9.17, 15) is 0 Å². The van der Waals surface area contributed by atoms with Crippen molar-refractivity contribution in [2.24, 2.45) is 0 Å².